The third-order valence-electron chi connectivity index (χ3n) is 6.73. The van der Waals surface area contributed by atoms with Crippen molar-refractivity contribution in [1.82, 2.24) is 9.29 Å². The normalized spacial score (nSPS) is 15.4. The zero-order chi connectivity index (χ0) is 25.3. The molecule has 0 saturated carbocycles. The van der Waals surface area contributed by atoms with Gasteiger partial charge in [0.1, 0.15) is 5.76 Å². The summed E-state index contributed by atoms with van der Waals surface area (Å²) < 4.78 is 34.3. The number of aryl methyl sites for hydroxylation is 2. The van der Waals surface area contributed by atoms with E-state index in [0.29, 0.717) is 41.7 Å². The van der Waals surface area contributed by atoms with Crippen LogP contribution in [0.3, 0.4) is 0 Å². The quantitative estimate of drug-likeness (QED) is 0.324. The third-order valence-corrected chi connectivity index (χ3v) is 9.68. The Kier molecular flexibility index (Phi) is 6.96. The molecule has 2 aromatic carbocycles. The average Bonchev–Trinajstić information content (AvgIpc) is 3.57. The van der Waals surface area contributed by atoms with E-state index < -0.39 is 10.0 Å². The number of hydrogen-bond donors (Lipinski definition) is 0. The second-order valence-corrected chi connectivity index (χ2v) is 12.1. The van der Waals surface area contributed by atoms with Gasteiger partial charge in [-0.3, -0.25) is 9.69 Å². The summed E-state index contributed by atoms with van der Waals surface area (Å²) in [5.41, 5.74) is 3.09. The molecular weight excluding hydrogens is 494 g/mol. The van der Waals surface area contributed by atoms with E-state index in [1.165, 1.54) is 15.6 Å². The molecule has 3 heterocycles. The molecule has 1 fully saturated rings. The Morgan fingerprint density at radius 3 is 2.53 bits per heavy atom. The lowest BCUT2D eigenvalue weighted by molar-refractivity contribution is -0.123. The molecule has 0 bridgehead atoms. The zero-order valence-corrected chi connectivity index (χ0v) is 22.0. The fourth-order valence-electron chi connectivity index (χ4n) is 4.62. The van der Waals surface area contributed by atoms with Crippen LogP contribution in [-0.4, -0.2) is 36.7 Å². The number of carbonyl (C=O) groups is 1. The van der Waals surface area contributed by atoms with Crippen LogP contribution in [0.4, 0.5) is 5.13 Å². The monoisotopic (exact) mass is 523 g/mol. The number of benzene rings is 2. The van der Waals surface area contributed by atoms with E-state index in [0.717, 1.165) is 27.8 Å². The minimum atomic E-state index is -3.58. The standard InChI is InChI=1S/C27H29N3O4S2/c1-3-20-6-4-8-24-25(20)28-27(35-24)30(18-22-7-5-17-34-22)26(31)21-13-15-29(16-14-21)36(32,33)23-11-9-19(2)10-12-23/h4-12,17,21H,3,13-16,18H2,1-2H3. The van der Waals surface area contributed by atoms with Gasteiger partial charge in [0.05, 0.1) is 27.9 Å². The number of aromatic nitrogens is 1. The van der Waals surface area contributed by atoms with Gasteiger partial charge in [0.15, 0.2) is 5.13 Å². The summed E-state index contributed by atoms with van der Waals surface area (Å²) in [6.45, 7) is 4.92. The van der Waals surface area contributed by atoms with Crippen molar-refractivity contribution in [3.8, 4) is 0 Å². The molecule has 1 amide bonds. The number of fused-ring (bicyclic) bond motifs is 1. The molecule has 0 N–H and O–H groups in total. The number of piperidine rings is 1. The summed E-state index contributed by atoms with van der Waals surface area (Å²) in [5.74, 6) is 0.343. The summed E-state index contributed by atoms with van der Waals surface area (Å²) in [6, 6.07) is 16.7. The molecule has 0 spiro atoms. The zero-order valence-electron chi connectivity index (χ0n) is 20.4. The average molecular weight is 524 g/mol. The van der Waals surface area contributed by atoms with Crippen molar-refractivity contribution >= 4 is 42.6 Å². The maximum atomic E-state index is 13.8. The first-order chi connectivity index (χ1) is 17.4. The van der Waals surface area contributed by atoms with Crippen LogP contribution in [0, 0.1) is 12.8 Å². The van der Waals surface area contributed by atoms with Crippen LogP contribution in [-0.2, 0) is 27.8 Å². The van der Waals surface area contributed by atoms with E-state index in [9.17, 15) is 13.2 Å². The third kappa shape index (κ3) is 4.83. The molecule has 9 heteroatoms. The molecule has 1 saturated heterocycles. The van der Waals surface area contributed by atoms with Crippen LogP contribution in [0.5, 0.6) is 0 Å². The van der Waals surface area contributed by atoms with E-state index in [1.54, 1.807) is 41.5 Å². The van der Waals surface area contributed by atoms with Crippen LogP contribution in [0.2, 0.25) is 0 Å². The van der Waals surface area contributed by atoms with Gasteiger partial charge >= 0.3 is 0 Å². The number of furan rings is 1. The maximum Gasteiger partial charge on any atom is 0.243 e. The van der Waals surface area contributed by atoms with Gasteiger partial charge in [-0.25, -0.2) is 13.4 Å². The molecule has 1 aliphatic heterocycles. The maximum absolute atomic E-state index is 13.8. The fourth-order valence-corrected chi connectivity index (χ4v) is 7.10. The lowest BCUT2D eigenvalue weighted by atomic mass is 9.96. The lowest BCUT2D eigenvalue weighted by Gasteiger charge is -2.32. The predicted octanol–water partition coefficient (Wildman–Crippen LogP) is 5.39. The smallest absolute Gasteiger partial charge is 0.243 e. The summed E-state index contributed by atoms with van der Waals surface area (Å²) >= 11 is 1.50. The minimum absolute atomic E-state index is 0.0455. The van der Waals surface area contributed by atoms with E-state index in [-0.39, 0.29) is 18.4 Å². The molecular formula is C27H29N3O4S2. The summed E-state index contributed by atoms with van der Waals surface area (Å²) in [4.78, 5) is 20.7. The molecule has 7 nitrogen and oxygen atoms in total. The van der Waals surface area contributed by atoms with Gasteiger partial charge < -0.3 is 4.42 Å². The van der Waals surface area contributed by atoms with E-state index in [2.05, 4.69) is 13.0 Å². The highest BCUT2D eigenvalue weighted by molar-refractivity contribution is 7.89. The highest BCUT2D eigenvalue weighted by atomic mass is 32.2. The largest absolute Gasteiger partial charge is 0.467 e. The van der Waals surface area contributed by atoms with Crippen molar-refractivity contribution in [3.63, 3.8) is 0 Å². The van der Waals surface area contributed by atoms with Crippen molar-refractivity contribution in [3.05, 3.63) is 77.7 Å². The number of rotatable bonds is 7. The molecule has 36 heavy (non-hydrogen) atoms. The van der Waals surface area contributed by atoms with Gasteiger partial charge in [0, 0.05) is 19.0 Å². The molecule has 0 atom stereocenters. The minimum Gasteiger partial charge on any atom is -0.467 e. The number of thiazole rings is 1. The number of carbonyl (C=O) groups excluding carboxylic acids is 1. The molecule has 188 valence electrons. The highest BCUT2D eigenvalue weighted by Crippen LogP contribution is 2.34. The van der Waals surface area contributed by atoms with Crippen molar-refractivity contribution in [2.24, 2.45) is 5.92 Å². The number of nitrogens with zero attached hydrogens (tertiary/aromatic N) is 3. The molecule has 0 aliphatic carbocycles. The second-order valence-electron chi connectivity index (χ2n) is 9.11. The van der Waals surface area contributed by atoms with Gasteiger partial charge in [-0.15, -0.1) is 0 Å². The molecule has 0 radical (unpaired) electrons. The first-order valence-corrected chi connectivity index (χ1v) is 14.4. The van der Waals surface area contributed by atoms with Crippen LogP contribution >= 0.6 is 11.3 Å². The van der Waals surface area contributed by atoms with Gasteiger partial charge in [0.25, 0.3) is 0 Å². The van der Waals surface area contributed by atoms with Crippen molar-refractivity contribution in [2.75, 3.05) is 18.0 Å². The number of para-hydroxylation sites is 1. The Hall–Kier alpha value is -3.01. The predicted molar refractivity (Wildman–Crippen MR) is 142 cm³/mol. The lowest BCUT2D eigenvalue weighted by Crippen LogP contribution is -2.44. The van der Waals surface area contributed by atoms with Gasteiger partial charge in [-0.05, 0) is 62.1 Å². The Morgan fingerprint density at radius 1 is 1.11 bits per heavy atom. The Balaban J connectivity index is 1.37. The molecule has 4 aromatic rings. The number of amides is 1. The van der Waals surface area contributed by atoms with E-state index >= 15 is 0 Å². The van der Waals surface area contributed by atoms with E-state index in [4.69, 9.17) is 9.40 Å². The van der Waals surface area contributed by atoms with Crippen LogP contribution in [0.15, 0.2) is 70.2 Å². The second kappa shape index (κ2) is 10.2. The van der Waals surface area contributed by atoms with Crippen molar-refractivity contribution in [2.45, 2.75) is 44.6 Å². The first kappa shape index (κ1) is 24.7. The van der Waals surface area contributed by atoms with Crippen LogP contribution < -0.4 is 4.90 Å². The van der Waals surface area contributed by atoms with Crippen LogP contribution in [0.1, 0.15) is 36.7 Å². The Bertz CT molecular complexity index is 1450. The fraction of sp³-hybridized carbons (Fsp3) is 0.333. The van der Waals surface area contributed by atoms with E-state index in [1.807, 2.05) is 25.1 Å². The van der Waals surface area contributed by atoms with Crippen molar-refractivity contribution < 1.29 is 17.6 Å². The molecule has 1 aliphatic rings. The van der Waals surface area contributed by atoms with Gasteiger partial charge in [-0.1, -0.05) is 48.1 Å². The summed E-state index contributed by atoms with van der Waals surface area (Å²) in [5, 5.41) is 0.641. The number of sulfonamides is 1. The Morgan fingerprint density at radius 2 is 1.86 bits per heavy atom. The van der Waals surface area contributed by atoms with Gasteiger partial charge in [0.2, 0.25) is 15.9 Å². The van der Waals surface area contributed by atoms with Gasteiger partial charge in [-0.2, -0.15) is 4.31 Å². The number of anilines is 1. The number of hydrogen-bond acceptors (Lipinski definition) is 6. The SMILES string of the molecule is CCc1cccc2sc(N(Cc3ccco3)C(=O)C3CCN(S(=O)(=O)c4ccc(C)cc4)CC3)nc12. The summed E-state index contributed by atoms with van der Waals surface area (Å²) in [6.07, 6.45) is 3.38. The molecule has 2 aromatic heterocycles. The highest BCUT2D eigenvalue weighted by Gasteiger charge is 2.35. The topological polar surface area (TPSA) is 83.7 Å². The Labute approximate surface area is 215 Å². The van der Waals surface area contributed by atoms with Crippen LogP contribution in [0.25, 0.3) is 10.2 Å². The molecule has 5 rings (SSSR count). The molecule has 0 unspecified atom stereocenters. The first-order valence-electron chi connectivity index (χ1n) is 12.2. The summed E-state index contributed by atoms with van der Waals surface area (Å²) in [7, 11) is -3.58. The van der Waals surface area contributed by atoms with Crippen molar-refractivity contribution in [1.29, 1.82) is 0 Å².